The van der Waals surface area contributed by atoms with Crippen molar-refractivity contribution in [2.45, 2.75) is 13.8 Å². The maximum atomic E-state index is 12.3. The molecule has 0 radical (unpaired) electrons. The lowest BCUT2D eigenvalue weighted by molar-refractivity contribution is 0.0693. The van der Waals surface area contributed by atoms with Crippen LogP contribution < -0.4 is 10.5 Å². The first-order valence-corrected chi connectivity index (χ1v) is 9.00. The lowest BCUT2D eigenvalue weighted by Gasteiger charge is -2.20. The van der Waals surface area contributed by atoms with Gasteiger partial charge in [-0.15, -0.1) is 0 Å². The lowest BCUT2D eigenvalue weighted by Crippen LogP contribution is -2.21. The molecule has 3 aromatic rings. The zero-order chi connectivity index (χ0) is 20.3. The summed E-state index contributed by atoms with van der Waals surface area (Å²) in [4.78, 5) is 25.6. The van der Waals surface area contributed by atoms with Gasteiger partial charge < -0.3 is 19.5 Å². The van der Waals surface area contributed by atoms with Gasteiger partial charge in [-0.2, -0.15) is 0 Å². The Balaban J connectivity index is 1.96. The maximum absolute atomic E-state index is 12.3. The fraction of sp³-hybridized carbons (Fsp3) is 0.182. The fourth-order valence-corrected chi connectivity index (χ4v) is 3.03. The number of carbonyl (C=O) groups is 1. The molecule has 1 aromatic heterocycles. The molecule has 28 heavy (non-hydrogen) atoms. The van der Waals surface area contributed by atoms with Crippen molar-refractivity contribution in [3.63, 3.8) is 0 Å². The van der Waals surface area contributed by atoms with Crippen molar-refractivity contribution in [3.8, 4) is 5.75 Å². The van der Waals surface area contributed by atoms with Gasteiger partial charge in [0, 0.05) is 30.2 Å². The Kier molecular flexibility index (Phi) is 5.49. The molecular formula is C22H21NO5. The number of rotatable bonds is 6. The number of hydrogen-bond donors (Lipinski definition) is 2. The van der Waals surface area contributed by atoms with Gasteiger partial charge in [-0.25, -0.2) is 9.59 Å². The Hall–Kier alpha value is -3.54. The van der Waals surface area contributed by atoms with Gasteiger partial charge in [0.25, 0.3) is 0 Å². The smallest absolute Gasteiger partial charge is 0.343 e. The summed E-state index contributed by atoms with van der Waals surface area (Å²) in [5.74, 6) is -1.53. The summed E-state index contributed by atoms with van der Waals surface area (Å²) >= 11 is 0. The number of hydrogen-bond acceptors (Lipinski definition) is 5. The molecule has 0 saturated carbocycles. The van der Waals surface area contributed by atoms with Gasteiger partial charge in [-0.3, -0.25) is 0 Å². The van der Waals surface area contributed by atoms with Crippen LogP contribution in [0, 0.1) is 0 Å². The van der Waals surface area contributed by atoms with Gasteiger partial charge in [0.1, 0.15) is 16.9 Å². The van der Waals surface area contributed by atoms with Crippen LogP contribution in [0.15, 0.2) is 51.7 Å². The van der Waals surface area contributed by atoms with Crippen LogP contribution in [-0.4, -0.2) is 29.3 Å². The average molecular weight is 379 g/mol. The van der Waals surface area contributed by atoms with Crippen LogP contribution in [0.25, 0.3) is 23.1 Å². The average Bonchev–Trinajstić information content (AvgIpc) is 2.68. The molecular weight excluding hydrogens is 358 g/mol. The predicted octanol–water partition coefficient (Wildman–Crippen LogP) is 4.21. The highest BCUT2D eigenvalue weighted by molar-refractivity contribution is 5.92. The normalized spacial score (nSPS) is 11.2. The Morgan fingerprint density at radius 3 is 2.50 bits per heavy atom. The van der Waals surface area contributed by atoms with Gasteiger partial charge in [-0.1, -0.05) is 12.1 Å². The van der Waals surface area contributed by atoms with Crippen molar-refractivity contribution in [2.75, 3.05) is 18.0 Å². The second kappa shape index (κ2) is 8.00. The van der Waals surface area contributed by atoms with E-state index in [2.05, 4.69) is 18.7 Å². The Morgan fingerprint density at radius 1 is 1.07 bits per heavy atom. The number of aromatic carboxylic acids is 1. The van der Waals surface area contributed by atoms with Crippen molar-refractivity contribution in [1.29, 1.82) is 0 Å². The van der Waals surface area contributed by atoms with Gasteiger partial charge in [0.05, 0.1) is 5.56 Å². The minimum atomic E-state index is -1.22. The second-order valence-corrected chi connectivity index (χ2v) is 6.30. The number of carboxylic acid groups (broad SMARTS) is 1. The molecule has 3 rings (SSSR count). The molecule has 0 amide bonds. The molecule has 0 fully saturated rings. The third-order valence-electron chi connectivity index (χ3n) is 4.58. The summed E-state index contributed by atoms with van der Waals surface area (Å²) in [5.41, 5.74) is 1.74. The molecule has 1 heterocycles. The van der Waals surface area contributed by atoms with E-state index in [-0.39, 0.29) is 11.3 Å². The minimum absolute atomic E-state index is 0.198. The van der Waals surface area contributed by atoms with E-state index in [1.807, 2.05) is 18.2 Å². The van der Waals surface area contributed by atoms with E-state index in [4.69, 9.17) is 9.52 Å². The summed E-state index contributed by atoms with van der Waals surface area (Å²) < 4.78 is 5.47. The highest BCUT2D eigenvalue weighted by atomic mass is 16.4. The number of benzene rings is 2. The molecule has 2 aromatic carbocycles. The molecule has 0 saturated heterocycles. The second-order valence-electron chi connectivity index (χ2n) is 6.30. The molecule has 0 atom stereocenters. The van der Waals surface area contributed by atoms with Crippen molar-refractivity contribution < 1.29 is 19.4 Å². The standard InChI is InChI=1S/C22H21NO5/c1-3-23(4-2)17-9-8-15-12-16(22(27)28-20(15)13-17)7-5-14-6-10-19(24)18(11-14)21(25)26/h5-13,24H,3-4H2,1-2H3,(H,25,26)/b7-5+. The SMILES string of the molecule is CCN(CC)c1ccc2cc(/C=C/c3ccc(O)c(C(=O)O)c3)c(=O)oc2c1. The lowest BCUT2D eigenvalue weighted by atomic mass is 10.1. The van der Waals surface area contributed by atoms with Crippen LogP contribution in [0.2, 0.25) is 0 Å². The number of phenols is 1. The van der Waals surface area contributed by atoms with E-state index in [9.17, 15) is 14.7 Å². The first kappa shape index (κ1) is 19.2. The van der Waals surface area contributed by atoms with Crippen molar-refractivity contribution >= 4 is 34.8 Å². The molecule has 0 bridgehead atoms. The quantitative estimate of drug-likeness (QED) is 0.624. The van der Waals surface area contributed by atoms with Gasteiger partial charge >= 0.3 is 11.6 Å². The number of carboxylic acids is 1. The van der Waals surface area contributed by atoms with E-state index in [1.54, 1.807) is 24.3 Å². The van der Waals surface area contributed by atoms with Crippen molar-refractivity contribution in [1.82, 2.24) is 0 Å². The number of fused-ring (bicyclic) bond motifs is 1. The monoisotopic (exact) mass is 379 g/mol. The molecule has 6 heteroatoms. The number of aromatic hydroxyl groups is 1. The topological polar surface area (TPSA) is 91.0 Å². The molecule has 0 aliphatic rings. The fourth-order valence-electron chi connectivity index (χ4n) is 3.03. The first-order chi connectivity index (χ1) is 13.4. The maximum Gasteiger partial charge on any atom is 0.343 e. The van der Waals surface area contributed by atoms with Crippen molar-refractivity contribution in [3.05, 3.63) is 69.6 Å². The van der Waals surface area contributed by atoms with Crippen LogP contribution in [0.4, 0.5) is 5.69 Å². The molecule has 0 aliphatic carbocycles. The molecule has 0 spiro atoms. The Morgan fingerprint density at radius 2 is 1.82 bits per heavy atom. The zero-order valence-corrected chi connectivity index (χ0v) is 15.7. The van der Waals surface area contributed by atoms with Gasteiger partial charge in [0.15, 0.2) is 0 Å². The summed E-state index contributed by atoms with van der Waals surface area (Å²) in [7, 11) is 0. The van der Waals surface area contributed by atoms with E-state index < -0.39 is 11.6 Å². The van der Waals surface area contributed by atoms with E-state index in [0.717, 1.165) is 24.2 Å². The summed E-state index contributed by atoms with van der Waals surface area (Å²) in [6, 6.07) is 11.7. The van der Waals surface area contributed by atoms with Crippen LogP contribution in [0.5, 0.6) is 5.75 Å². The summed E-state index contributed by atoms with van der Waals surface area (Å²) in [6.07, 6.45) is 3.18. The van der Waals surface area contributed by atoms with Gasteiger partial charge in [0.2, 0.25) is 0 Å². The molecule has 6 nitrogen and oxygen atoms in total. The highest BCUT2D eigenvalue weighted by Gasteiger charge is 2.10. The Bertz CT molecular complexity index is 1110. The molecule has 144 valence electrons. The summed E-state index contributed by atoms with van der Waals surface area (Å²) in [6.45, 7) is 5.85. The van der Waals surface area contributed by atoms with Crippen LogP contribution in [-0.2, 0) is 0 Å². The van der Waals surface area contributed by atoms with Crippen molar-refractivity contribution in [2.24, 2.45) is 0 Å². The van der Waals surface area contributed by atoms with E-state index in [0.29, 0.717) is 16.7 Å². The first-order valence-electron chi connectivity index (χ1n) is 9.00. The Labute approximate surface area is 162 Å². The molecule has 0 unspecified atom stereocenters. The molecule has 0 aliphatic heterocycles. The number of anilines is 1. The largest absolute Gasteiger partial charge is 0.507 e. The number of nitrogens with zero attached hydrogens (tertiary/aromatic N) is 1. The van der Waals surface area contributed by atoms with Crippen LogP contribution >= 0.6 is 0 Å². The highest BCUT2D eigenvalue weighted by Crippen LogP contribution is 2.23. The van der Waals surface area contributed by atoms with E-state index in [1.165, 1.54) is 12.1 Å². The third-order valence-corrected chi connectivity index (χ3v) is 4.58. The van der Waals surface area contributed by atoms with Crippen LogP contribution in [0.1, 0.15) is 35.3 Å². The van der Waals surface area contributed by atoms with Gasteiger partial charge in [-0.05, 0) is 55.8 Å². The molecule has 2 N–H and O–H groups in total. The predicted molar refractivity (Wildman–Crippen MR) is 110 cm³/mol. The zero-order valence-electron chi connectivity index (χ0n) is 15.7. The van der Waals surface area contributed by atoms with Crippen LogP contribution in [0.3, 0.4) is 0 Å². The summed E-state index contributed by atoms with van der Waals surface area (Å²) in [5, 5.41) is 19.5. The third kappa shape index (κ3) is 3.91. The van der Waals surface area contributed by atoms with E-state index >= 15 is 0 Å². The minimum Gasteiger partial charge on any atom is -0.507 e.